The molecule has 2 heterocycles. The Bertz CT molecular complexity index is 1400. The lowest BCUT2D eigenvalue weighted by Gasteiger charge is -2.35. The third-order valence-electron chi connectivity index (χ3n) is 8.13. The first-order chi connectivity index (χ1) is 24.9. The summed E-state index contributed by atoms with van der Waals surface area (Å²) in [7, 11) is 0. The van der Waals surface area contributed by atoms with E-state index in [1.165, 1.54) is 4.90 Å². The molecule has 0 radical (unpaired) electrons. The van der Waals surface area contributed by atoms with Crippen LogP contribution in [0.25, 0.3) is 10.4 Å². The lowest BCUT2D eigenvalue weighted by Crippen LogP contribution is -2.57. The highest BCUT2D eigenvalue weighted by molar-refractivity contribution is 7.13. The van der Waals surface area contributed by atoms with Gasteiger partial charge in [-0.05, 0) is 23.5 Å². The summed E-state index contributed by atoms with van der Waals surface area (Å²) in [5, 5.41) is 24.7. The van der Waals surface area contributed by atoms with Crippen molar-refractivity contribution in [2.45, 2.75) is 71.7 Å². The van der Waals surface area contributed by atoms with E-state index in [0.717, 1.165) is 21.7 Å². The Balaban J connectivity index is 1.32. The number of rotatable bonds is 24. The number of carboxylic acids is 1. The lowest BCUT2D eigenvalue weighted by atomic mass is 9.85. The van der Waals surface area contributed by atoms with Gasteiger partial charge in [-0.25, -0.2) is 4.98 Å². The van der Waals surface area contributed by atoms with Gasteiger partial charge in [0, 0.05) is 25.9 Å². The van der Waals surface area contributed by atoms with Crippen molar-refractivity contribution >= 4 is 35.0 Å². The van der Waals surface area contributed by atoms with Crippen LogP contribution < -0.4 is 10.6 Å². The van der Waals surface area contributed by atoms with Gasteiger partial charge < -0.3 is 49.4 Å². The summed E-state index contributed by atoms with van der Waals surface area (Å²) < 4.78 is 26.9. The Labute approximate surface area is 309 Å². The number of thiazole rings is 1. The van der Waals surface area contributed by atoms with Crippen LogP contribution in [-0.2, 0) is 49.4 Å². The molecule has 2 aromatic rings. The van der Waals surface area contributed by atoms with Crippen LogP contribution in [0, 0.1) is 12.3 Å². The van der Waals surface area contributed by atoms with Crippen LogP contribution in [0.2, 0.25) is 0 Å². The van der Waals surface area contributed by atoms with E-state index < -0.39 is 35.5 Å². The third kappa shape index (κ3) is 15.2. The highest BCUT2D eigenvalue weighted by Crippen LogP contribution is 2.28. The molecule has 3 amide bonds. The summed E-state index contributed by atoms with van der Waals surface area (Å²) in [6.45, 7) is 10.8. The maximum Gasteiger partial charge on any atom is 0.305 e. The number of carbonyl (C=O) groups is 4. The molecule has 0 bridgehead atoms. The number of aromatic nitrogens is 1. The number of hydrogen-bond acceptors (Lipinski definition) is 12. The number of carboxylic acid groups (broad SMARTS) is 1. The first kappa shape index (κ1) is 42.9. The van der Waals surface area contributed by atoms with E-state index in [1.807, 2.05) is 57.5 Å². The zero-order valence-electron chi connectivity index (χ0n) is 30.6. The van der Waals surface area contributed by atoms with Crippen LogP contribution in [0.3, 0.4) is 0 Å². The second kappa shape index (κ2) is 22.5. The van der Waals surface area contributed by atoms with Crippen molar-refractivity contribution in [1.29, 1.82) is 0 Å². The standard InChI is InChI=1S/C36H54N4O11S/c1-25-32(52-24-38-25)27-7-5-26(6-8-27)22-37-34(45)29-21-28(41)23-40(29)35(46)33(36(2,3)4)39-30(42)9-11-47-13-15-49-17-19-51-20-18-50-16-14-48-12-10-31(43)44/h5-8,24,28-29,33,41H,9-23H2,1-4H3,(H,37,45)(H,39,42)(H,43,44)/t28-,29?,33-/m1/s1. The van der Waals surface area contributed by atoms with Gasteiger partial charge in [0.05, 0.1) is 94.7 Å². The fourth-order valence-corrected chi connectivity index (χ4v) is 6.13. The van der Waals surface area contributed by atoms with Crippen molar-refractivity contribution in [2.24, 2.45) is 5.41 Å². The molecule has 0 spiro atoms. The number of aliphatic hydroxyl groups excluding tert-OH is 1. The van der Waals surface area contributed by atoms with Crippen molar-refractivity contribution in [3.05, 3.63) is 41.0 Å². The fraction of sp³-hybridized carbons (Fsp3) is 0.639. The zero-order valence-corrected chi connectivity index (χ0v) is 31.4. The van der Waals surface area contributed by atoms with Gasteiger partial charge in [-0.3, -0.25) is 19.2 Å². The van der Waals surface area contributed by atoms with E-state index in [0.29, 0.717) is 46.2 Å². The molecule has 0 aliphatic carbocycles. The molecule has 15 nitrogen and oxygen atoms in total. The number of likely N-dealkylation sites (tertiary alicyclic amines) is 1. The number of carbonyl (C=O) groups excluding carboxylic acids is 3. The fourth-order valence-electron chi connectivity index (χ4n) is 5.32. The molecule has 3 rings (SSSR count). The summed E-state index contributed by atoms with van der Waals surface area (Å²) in [4.78, 5) is 57.1. The summed E-state index contributed by atoms with van der Waals surface area (Å²) >= 11 is 1.57. The highest BCUT2D eigenvalue weighted by Gasteiger charge is 2.44. The monoisotopic (exact) mass is 750 g/mol. The van der Waals surface area contributed by atoms with Crippen molar-refractivity contribution < 1.29 is 53.1 Å². The molecule has 16 heteroatoms. The number of nitrogens with one attached hydrogen (secondary N) is 2. The number of ether oxygens (including phenoxy) is 5. The predicted molar refractivity (Wildman–Crippen MR) is 193 cm³/mol. The number of aryl methyl sites for hydroxylation is 1. The zero-order chi connectivity index (χ0) is 37.9. The predicted octanol–water partition coefficient (Wildman–Crippen LogP) is 2.18. The summed E-state index contributed by atoms with van der Waals surface area (Å²) in [6.07, 6.45) is -0.755. The summed E-state index contributed by atoms with van der Waals surface area (Å²) in [6, 6.07) is 6.06. The van der Waals surface area contributed by atoms with Crippen molar-refractivity contribution in [1.82, 2.24) is 20.5 Å². The van der Waals surface area contributed by atoms with E-state index in [2.05, 4.69) is 15.6 Å². The number of aliphatic carboxylic acids is 1. The molecule has 1 unspecified atom stereocenters. The Morgan fingerprint density at radius 2 is 1.42 bits per heavy atom. The molecule has 1 aliphatic rings. The van der Waals surface area contributed by atoms with E-state index >= 15 is 0 Å². The van der Waals surface area contributed by atoms with Crippen LogP contribution in [0.1, 0.15) is 51.3 Å². The van der Waals surface area contributed by atoms with Gasteiger partial charge in [0.25, 0.3) is 0 Å². The van der Waals surface area contributed by atoms with Crippen LogP contribution in [-0.4, -0.2) is 135 Å². The van der Waals surface area contributed by atoms with Gasteiger partial charge in [0.1, 0.15) is 12.1 Å². The highest BCUT2D eigenvalue weighted by atomic mass is 32.1. The second-order valence-electron chi connectivity index (χ2n) is 13.4. The number of amides is 3. The molecular weight excluding hydrogens is 696 g/mol. The Kier molecular flexibility index (Phi) is 18.6. The first-order valence-electron chi connectivity index (χ1n) is 17.5. The average molecular weight is 751 g/mol. The molecule has 1 aromatic carbocycles. The summed E-state index contributed by atoms with van der Waals surface area (Å²) in [5.41, 5.74) is 4.05. The van der Waals surface area contributed by atoms with Gasteiger partial charge in [-0.15, -0.1) is 11.3 Å². The molecule has 1 saturated heterocycles. The largest absolute Gasteiger partial charge is 0.481 e. The minimum atomic E-state index is -0.922. The van der Waals surface area contributed by atoms with Crippen LogP contribution in [0.5, 0.6) is 0 Å². The molecule has 52 heavy (non-hydrogen) atoms. The molecule has 0 saturated carbocycles. The van der Waals surface area contributed by atoms with Crippen LogP contribution in [0.4, 0.5) is 0 Å². The number of β-amino-alcohol motifs (C(OH)–C–C–N with tert-alkyl or cyclic N) is 1. The van der Waals surface area contributed by atoms with Gasteiger partial charge in [-0.1, -0.05) is 45.0 Å². The summed E-state index contributed by atoms with van der Waals surface area (Å²) in [5.74, 6) is -2.06. The molecule has 1 fully saturated rings. The topological polar surface area (TPSA) is 195 Å². The number of nitrogens with zero attached hydrogens (tertiary/aromatic N) is 2. The molecule has 1 aliphatic heterocycles. The third-order valence-corrected chi connectivity index (χ3v) is 9.11. The van der Waals surface area contributed by atoms with Gasteiger partial charge in [0.15, 0.2) is 0 Å². The van der Waals surface area contributed by atoms with Crippen molar-refractivity contribution in [2.75, 3.05) is 72.6 Å². The molecule has 290 valence electrons. The normalized spacial score (nSPS) is 16.5. The number of hydrogen-bond donors (Lipinski definition) is 4. The first-order valence-corrected chi connectivity index (χ1v) is 18.4. The van der Waals surface area contributed by atoms with E-state index in [1.54, 1.807) is 11.3 Å². The Hall–Kier alpha value is -3.51. The number of benzene rings is 1. The van der Waals surface area contributed by atoms with Gasteiger partial charge in [0.2, 0.25) is 17.7 Å². The van der Waals surface area contributed by atoms with Crippen molar-refractivity contribution in [3.8, 4) is 10.4 Å². The van der Waals surface area contributed by atoms with E-state index in [-0.39, 0.29) is 64.0 Å². The molecule has 4 N–H and O–H groups in total. The smallest absolute Gasteiger partial charge is 0.305 e. The number of aliphatic hydroxyl groups is 1. The Morgan fingerprint density at radius 1 is 0.885 bits per heavy atom. The van der Waals surface area contributed by atoms with Crippen molar-refractivity contribution in [3.63, 3.8) is 0 Å². The molecule has 3 atom stereocenters. The lowest BCUT2D eigenvalue weighted by molar-refractivity contribution is -0.144. The maximum absolute atomic E-state index is 13.8. The second-order valence-corrected chi connectivity index (χ2v) is 14.3. The van der Waals surface area contributed by atoms with Crippen LogP contribution >= 0.6 is 11.3 Å². The minimum Gasteiger partial charge on any atom is -0.481 e. The quantitative estimate of drug-likeness (QED) is 0.114. The van der Waals surface area contributed by atoms with Gasteiger partial charge >= 0.3 is 5.97 Å². The SMILES string of the molecule is Cc1ncsc1-c1ccc(CNC(=O)C2C[C@@H](O)CN2C(=O)[C@@H](NC(=O)CCOCCOCCOCCOCCOCCC(=O)O)C(C)(C)C)cc1. The van der Waals surface area contributed by atoms with E-state index in [4.69, 9.17) is 28.8 Å². The molecule has 1 aromatic heterocycles. The maximum atomic E-state index is 13.8. The minimum absolute atomic E-state index is 0.00277. The van der Waals surface area contributed by atoms with Gasteiger partial charge in [-0.2, -0.15) is 0 Å². The van der Waals surface area contributed by atoms with Crippen LogP contribution in [0.15, 0.2) is 29.8 Å². The Morgan fingerprint density at radius 3 is 1.92 bits per heavy atom. The average Bonchev–Trinajstić information content (AvgIpc) is 3.72. The van der Waals surface area contributed by atoms with E-state index in [9.17, 15) is 24.3 Å². The molecular formula is C36H54N4O11S.